The molecule has 6 heteroatoms. The van der Waals surface area contributed by atoms with E-state index in [1.807, 2.05) is 61.6 Å². The van der Waals surface area contributed by atoms with Gasteiger partial charge in [0.15, 0.2) is 0 Å². The van der Waals surface area contributed by atoms with Gasteiger partial charge in [0, 0.05) is 41.3 Å². The topological polar surface area (TPSA) is 76.6 Å². The first-order valence-electron chi connectivity index (χ1n) is 10.5. The molecule has 1 unspecified atom stereocenters. The van der Waals surface area contributed by atoms with Crippen LogP contribution in [-0.2, 0) is 16.0 Å². The van der Waals surface area contributed by atoms with Crippen LogP contribution in [0.15, 0.2) is 60.3 Å². The van der Waals surface area contributed by atoms with Crippen LogP contribution in [0.2, 0.25) is 0 Å². The summed E-state index contributed by atoms with van der Waals surface area (Å²) in [4.78, 5) is 32.9. The molecule has 0 bridgehead atoms. The standard InChI is InChI=1S/C25H27N3O3/c1-4-16-9-11-17(12-10-16)23(29)21-22(19-15-26-20-8-6-5-7-18(19)20)28(14-13-27(2)3)25(31)24(21)30/h5-12,15,22,26,29H,4,13-14H2,1-3H3/b23-21+. The normalized spacial score (nSPS) is 18.5. The van der Waals surface area contributed by atoms with Gasteiger partial charge in [-0.1, -0.05) is 49.4 Å². The van der Waals surface area contributed by atoms with E-state index in [0.717, 1.165) is 28.5 Å². The number of nitrogens with zero attached hydrogens (tertiary/aromatic N) is 2. The van der Waals surface area contributed by atoms with E-state index in [0.29, 0.717) is 18.7 Å². The van der Waals surface area contributed by atoms with Crippen LogP contribution in [0, 0.1) is 0 Å². The number of aryl methyl sites for hydroxylation is 1. The molecule has 0 aliphatic carbocycles. The van der Waals surface area contributed by atoms with E-state index in [1.54, 1.807) is 17.0 Å². The number of likely N-dealkylation sites (N-methyl/N-ethyl adjacent to an activating group) is 1. The first kappa shape index (κ1) is 20.9. The summed E-state index contributed by atoms with van der Waals surface area (Å²) in [5, 5.41) is 12.1. The number of H-pyrrole nitrogens is 1. The van der Waals surface area contributed by atoms with Gasteiger partial charge in [-0.2, -0.15) is 0 Å². The molecule has 2 N–H and O–H groups in total. The Labute approximate surface area is 181 Å². The second kappa shape index (κ2) is 8.40. The summed E-state index contributed by atoms with van der Waals surface area (Å²) in [6.07, 6.45) is 2.71. The van der Waals surface area contributed by atoms with Crippen molar-refractivity contribution in [3.8, 4) is 0 Å². The van der Waals surface area contributed by atoms with Crippen molar-refractivity contribution in [3.63, 3.8) is 0 Å². The smallest absolute Gasteiger partial charge is 0.295 e. The van der Waals surface area contributed by atoms with Crippen molar-refractivity contribution in [3.05, 3.63) is 77.0 Å². The third-order valence-electron chi connectivity index (χ3n) is 5.88. The Morgan fingerprint density at radius 1 is 1.10 bits per heavy atom. The first-order valence-corrected chi connectivity index (χ1v) is 10.5. The van der Waals surface area contributed by atoms with Gasteiger partial charge in [0.25, 0.3) is 11.7 Å². The minimum absolute atomic E-state index is 0.136. The van der Waals surface area contributed by atoms with E-state index >= 15 is 0 Å². The summed E-state index contributed by atoms with van der Waals surface area (Å²) in [6.45, 7) is 3.05. The number of Topliss-reactive ketones (excluding diaryl/α,β-unsaturated/α-hetero) is 1. The number of nitrogens with one attached hydrogen (secondary N) is 1. The molecular weight excluding hydrogens is 390 g/mol. The van der Waals surface area contributed by atoms with Crippen LogP contribution in [0.4, 0.5) is 0 Å². The number of amides is 1. The highest BCUT2D eigenvalue weighted by molar-refractivity contribution is 6.46. The lowest BCUT2D eigenvalue weighted by Crippen LogP contribution is -2.35. The van der Waals surface area contributed by atoms with Crippen LogP contribution in [-0.4, -0.2) is 58.8 Å². The number of rotatable bonds is 6. The summed E-state index contributed by atoms with van der Waals surface area (Å²) in [5.74, 6) is -1.36. The van der Waals surface area contributed by atoms with E-state index in [4.69, 9.17) is 0 Å². The molecule has 2 heterocycles. The number of carbonyl (C=O) groups is 2. The fourth-order valence-electron chi connectivity index (χ4n) is 4.12. The maximum Gasteiger partial charge on any atom is 0.295 e. The summed E-state index contributed by atoms with van der Waals surface area (Å²) in [7, 11) is 3.85. The van der Waals surface area contributed by atoms with Crippen LogP contribution in [0.1, 0.15) is 29.7 Å². The largest absolute Gasteiger partial charge is 0.507 e. The molecule has 4 rings (SSSR count). The van der Waals surface area contributed by atoms with E-state index < -0.39 is 17.7 Å². The van der Waals surface area contributed by atoms with Gasteiger partial charge in [0.2, 0.25) is 0 Å². The van der Waals surface area contributed by atoms with Gasteiger partial charge in [-0.25, -0.2) is 0 Å². The Bertz CT molecular complexity index is 1160. The zero-order valence-corrected chi connectivity index (χ0v) is 18.1. The Morgan fingerprint density at radius 3 is 2.48 bits per heavy atom. The number of fused-ring (bicyclic) bond motifs is 1. The second-order valence-electron chi connectivity index (χ2n) is 8.14. The molecule has 1 saturated heterocycles. The molecule has 0 saturated carbocycles. The molecule has 1 aliphatic rings. The van der Waals surface area contributed by atoms with Crippen LogP contribution in [0.3, 0.4) is 0 Å². The molecule has 2 aromatic carbocycles. The predicted octanol–water partition coefficient (Wildman–Crippen LogP) is 3.71. The zero-order chi connectivity index (χ0) is 22.1. The van der Waals surface area contributed by atoms with Crippen molar-refractivity contribution in [2.75, 3.05) is 27.2 Å². The number of likely N-dealkylation sites (tertiary alicyclic amines) is 1. The lowest BCUT2D eigenvalue weighted by molar-refractivity contribution is -0.140. The number of aromatic amines is 1. The third-order valence-corrected chi connectivity index (χ3v) is 5.88. The molecule has 1 atom stereocenters. The Balaban J connectivity index is 1.88. The SMILES string of the molecule is CCc1ccc(/C(O)=C2\C(=O)C(=O)N(CCN(C)C)C2c2c[nH]c3ccccc23)cc1. The summed E-state index contributed by atoms with van der Waals surface area (Å²) >= 11 is 0. The predicted molar refractivity (Wildman–Crippen MR) is 122 cm³/mol. The van der Waals surface area contributed by atoms with Crippen molar-refractivity contribution in [1.29, 1.82) is 0 Å². The fraction of sp³-hybridized carbons (Fsp3) is 0.280. The average Bonchev–Trinajstić information content (AvgIpc) is 3.31. The van der Waals surface area contributed by atoms with Gasteiger partial charge >= 0.3 is 0 Å². The Morgan fingerprint density at radius 2 is 1.81 bits per heavy atom. The van der Waals surface area contributed by atoms with Gasteiger partial charge in [-0.15, -0.1) is 0 Å². The lowest BCUT2D eigenvalue weighted by atomic mass is 9.94. The summed E-state index contributed by atoms with van der Waals surface area (Å²) < 4.78 is 0. The van der Waals surface area contributed by atoms with E-state index in [9.17, 15) is 14.7 Å². The van der Waals surface area contributed by atoms with E-state index in [2.05, 4.69) is 11.9 Å². The quantitative estimate of drug-likeness (QED) is 0.364. The molecule has 1 aliphatic heterocycles. The molecule has 160 valence electrons. The Kier molecular flexibility index (Phi) is 5.65. The number of carbonyl (C=O) groups excluding carboxylic acids is 2. The van der Waals surface area contributed by atoms with Gasteiger partial charge in [-0.05, 0) is 32.1 Å². The van der Waals surface area contributed by atoms with E-state index in [-0.39, 0.29) is 11.3 Å². The van der Waals surface area contributed by atoms with Crippen molar-refractivity contribution < 1.29 is 14.7 Å². The molecule has 3 aromatic rings. The number of aromatic nitrogens is 1. The highest BCUT2D eigenvalue weighted by atomic mass is 16.3. The molecule has 1 amide bonds. The molecule has 1 fully saturated rings. The van der Waals surface area contributed by atoms with Crippen molar-refractivity contribution in [2.45, 2.75) is 19.4 Å². The number of benzene rings is 2. The van der Waals surface area contributed by atoms with Crippen molar-refractivity contribution >= 4 is 28.4 Å². The minimum Gasteiger partial charge on any atom is -0.507 e. The maximum absolute atomic E-state index is 13.1. The van der Waals surface area contributed by atoms with Gasteiger partial charge in [0.05, 0.1) is 11.6 Å². The van der Waals surface area contributed by atoms with Crippen molar-refractivity contribution in [2.24, 2.45) is 0 Å². The zero-order valence-electron chi connectivity index (χ0n) is 18.1. The highest BCUT2D eigenvalue weighted by Gasteiger charge is 2.46. The van der Waals surface area contributed by atoms with Crippen molar-refractivity contribution in [1.82, 2.24) is 14.8 Å². The number of hydrogen-bond donors (Lipinski definition) is 2. The second-order valence-corrected chi connectivity index (χ2v) is 8.14. The van der Waals surface area contributed by atoms with Crippen LogP contribution in [0.25, 0.3) is 16.7 Å². The van der Waals surface area contributed by atoms with Gasteiger partial charge in [-0.3, -0.25) is 9.59 Å². The number of para-hydroxylation sites is 1. The van der Waals surface area contributed by atoms with E-state index in [1.165, 1.54) is 0 Å². The number of aliphatic hydroxyl groups is 1. The van der Waals surface area contributed by atoms with Gasteiger partial charge < -0.3 is 19.9 Å². The number of aliphatic hydroxyl groups excluding tert-OH is 1. The third kappa shape index (κ3) is 3.75. The monoisotopic (exact) mass is 417 g/mol. The summed E-state index contributed by atoms with van der Waals surface area (Å²) in [6, 6.07) is 14.6. The van der Waals surface area contributed by atoms with Crippen LogP contribution in [0.5, 0.6) is 0 Å². The lowest BCUT2D eigenvalue weighted by Gasteiger charge is -2.26. The number of ketones is 1. The number of hydrogen-bond acceptors (Lipinski definition) is 4. The summed E-state index contributed by atoms with van der Waals surface area (Å²) in [5.41, 5.74) is 3.53. The average molecular weight is 418 g/mol. The highest BCUT2D eigenvalue weighted by Crippen LogP contribution is 2.41. The van der Waals surface area contributed by atoms with Crippen LogP contribution >= 0.6 is 0 Å². The molecular formula is C25H27N3O3. The molecule has 0 spiro atoms. The first-order chi connectivity index (χ1) is 14.9. The fourth-order valence-corrected chi connectivity index (χ4v) is 4.12. The minimum atomic E-state index is -0.651. The molecule has 31 heavy (non-hydrogen) atoms. The van der Waals surface area contributed by atoms with Gasteiger partial charge in [0.1, 0.15) is 5.76 Å². The van der Waals surface area contributed by atoms with Crippen LogP contribution < -0.4 is 0 Å². The molecule has 1 aromatic heterocycles. The molecule has 0 radical (unpaired) electrons. The Hall–Kier alpha value is -3.38. The maximum atomic E-state index is 13.1. The molecule has 6 nitrogen and oxygen atoms in total.